The zero-order valence-electron chi connectivity index (χ0n) is 14.9. The Morgan fingerprint density at radius 2 is 1.96 bits per heavy atom. The van der Waals surface area contributed by atoms with Crippen LogP contribution >= 0.6 is 0 Å². The first-order valence-electron chi connectivity index (χ1n) is 9.36. The van der Waals surface area contributed by atoms with Gasteiger partial charge in [-0.2, -0.15) is 0 Å². The van der Waals surface area contributed by atoms with Gasteiger partial charge in [0, 0.05) is 22.8 Å². The van der Waals surface area contributed by atoms with E-state index in [2.05, 4.69) is 17.2 Å². The first-order chi connectivity index (χ1) is 12.7. The van der Waals surface area contributed by atoms with Gasteiger partial charge >= 0.3 is 0 Å². The third-order valence-corrected chi connectivity index (χ3v) is 4.75. The third-order valence-electron chi connectivity index (χ3n) is 4.75. The fourth-order valence-corrected chi connectivity index (χ4v) is 3.29. The zero-order chi connectivity index (χ0) is 18.2. The van der Waals surface area contributed by atoms with Crippen LogP contribution in [0.5, 0.6) is 0 Å². The highest BCUT2D eigenvalue weighted by atomic mass is 19.1. The van der Waals surface area contributed by atoms with E-state index in [0.29, 0.717) is 11.6 Å². The Bertz CT molecular complexity index is 801. The minimum atomic E-state index is -0.291. The summed E-state index contributed by atoms with van der Waals surface area (Å²) in [5.74, 6) is 5.78. The first kappa shape index (κ1) is 18.2. The van der Waals surface area contributed by atoms with Crippen LogP contribution in [0.3, 0.4) is 0 Å². The topological polar surface area (TPSA) is 29.1 Å². The first-order valence-corrected chi connectivity index (χ1v) is 9.36. The minimum Gasteiger partial charge on any atom is -0.350 e. The van der Waals surface area contributed by atoms with Gasteiger partial charge in [-0.15, -0.1) is 0 Å². The molecule has 3 heteroatoms. The molecule has 0 saturated heterocycles. The van der Waals surface area contributed by atoms with Crippen LogP contribution in [0.25, 0.3) is 0 Å². The van der Waals surface area contributed by atoms with Crippen molar-refractivity contribution in [1.82, 2.24) is 5.32 Å². The summed E-state index contributed by atoms with van der Waals surface area (Å²) in [7, 11) is 0. The molecule has 0 aliphatic heterocycles. The number of benzene rings is 1. The monoisotopic (exact) mass is 349 g/mol. The molecule has 2 aliphatic carbocycles. The molecule has 0 spiro atoms. The lowest BCUT2D eigenvalue weighted by Gasteiger charge is -2.23. The Labute approximate surface area is 154 Å². The van der Waals surface area contributed by atoms with Gasteiger partial charge in [0.2, 0.25) is 5.91 Å². The number of nitrogens with one attached hydrogen (secondary N) is 1. The van der Waals surface area contributed by atoms with E-state index >= 15 is 0 Å². The van der Waals surface area contributed by atoms with E-state index in [4.69, 9.17) is 0 Å². The maximum atomic E-state index is 13.2. The average Bonchev–Trinajstić information content (AvgIpc) is 2.62. The molecule has 1 fully saturated rings. The second-order valence-corrected chi connectivity index (χ2v) is 6.82. The fourth-order valence-electron chi connectivity index (χ4n) is 3.29. The Kier molecular flexibility index (Phi) is 6.44. The second-order valence-electron chi connectivity index (χ2n) is 6.82. The van der Waals surface area contributed by atoms with Gasteiger partial charge in [-0.1, -0.05) is 55.4 Å². The molecule has 0 atom stereocenters. The normalized spacial score (nSPS) is 17.9. The SMILES string of the molecule is O=C(NC1CCCCC1)C1=CC=C(C#Cc2cccc(F)c2)C=CCC1. The van der Waals surface area contributed by atoms with Crippen molar-refractivity contribution in [2.75, 3.05) is 0 Å². The smallest absolute Gasteiger partial charge is 0.247 e. The summed E-state index contributed by atoms with van der Waals surface area (Å²) in [6.45, 7) is 0. The average molecular weight is 349 g/mol. The molecular weight excluding hydrogens is 325 g/mol. The van der Waals surface area contributed by atoms with Crippen LogP contribution in [-0.4, -0.2) is 11.9 Å². The number of carbonyl (C=O) groups excluding carboxylic acids is 1. The van der Waals surface area contributed by atoms with Crippen molar-refractivity contribution < 1.29 is 9.18 Å². The molecule has 1 N–H and O–H groups in total. The van der Waals surface area contributed by atoms with Crippen LogP contribution < -0.4 is 5.32 Å². The standard InChI is InChI=1S/C23H24FNO/c24-21-10-6-8-19(17-21)14-13-18-7-4-5-9-20(16-15-18)23(26)25-22-11-2-1-3-12-22/h4,6-8,10,15-17,22H,1-3,5,9,11-12H2,(H,25,26). The predicted molar refractivity (Wildman–Crippen MR) is 103 cm³/mol. The maximum Gasteiger partial charge on any atom is 0.247 e. The van der Waals surface area contributed by atoms with E-state index in [1.165, 1.54) is 31.4 Å². The van der Waals surface area contributed by atoms with Crippen LogP contribution in [0.4, 0.5) is 4.39 Å². The Morgan fingerprint density at radius 3 is 2.77 bits per heavy atom. The molecule has 3 rings (SSSR count). The fraction of sp³-hybridized carbons (Fsp3) is 0.348. The number of allylic oxidation sites excluding steroid dienone is 5. The molecule has 0 radical (unpaired) electrons. The second kappa shape index (κ2) is 9.20. The summed E-state index contributed by atoms with van der Waals surface area (Å²) in [5.41, 5.74) is 2.25. The highest BCUT2D eigenvalue weighted by Crippen LogP contribution is 2.19. The van der Waals surface area contributed by atoms with Gasteiger partial charge in [0.15, 0.2) is 0 Å². The molecule has 1 aromatic carbocycles. The summed E-state index contributed by atoms with van der Waals surface area (Å²) < 4.78 is 13.2. The van der Waals surface area contributed by atoms with E-state index in [-0.39, 0.29) is 11.7 Å². The molecule has 26 heavy (non-hydrogen) atoms. The van der Waals surface area contributed by atoms with Gasteiger partial charge in [0.25, 0.3) is 0 Å². The van der Waals surface area contributed by atoms with Gasteiger partial charge in [0.05, 0.1) is 0 Å². The van der Waals surface area contributed by atoms with E-state index in [9.17, 15) is 9.18 Å². The number of hydrogen-bond donors (Lipinski definition) is 1. The number of rotatable bonds is 2. The van der Waals surface area contributed by atoms with E-state index < -0.39 is 0 Å². The molecule has 1 aromatic rings. The molecule has 0 heterocycles. The van der Waals surface area contributed by atoms with Gasteiger partial charge in [0.1, 0.15) is 5.82 Å². The number of amides is 1. The zero-order valence-corrected chi connectivity index (χ0v) is 14.9. The highest BCUT2D eigenvalue weighted by Gasteiger charge is 2.17. The summed E-state index contributed by atoms with van der Waals surface area (Å²) in [6.07, 6.45) is 15.1. The quantitative estimate of drug-likeness (QED) is 0.762. The van der Waals surface area contributed by atoms with Crippen LogP contribution in [0.2, 0.25) is 0 Å². The van der Waals surface area contributed by atoms with Crippen molar-refractivity contribution in [1.29, 1.82) is 0 Å². The van der Waals surface area contributed by atoms with Gasteiger partial charge in [-0.3, -0.25) is 4.79 Å². The molecule has 1 amide bonds. The molecule has 2 aliphatic rings. The van der Waals surface area contributed by atoms with Crippen molar-refractivity contribution in [2.45, 2.75) is 51.0 Å². The largest absolute Gasteiger partial charge is 0.350 e. The minimum absolute atomic E-state index is 0.0425. The molecule has 0 bridgehead atoms. The third kappa shape index (κ3) is 5.46. The summed E-state index contributed by atoms with van der Waals surface area (Å²) >= 11 is 0. The van der Waals surface area contributed by atoms with Crippen LogP contribution in [0.1, 0.15) is 50.5 Å². The van der Waals surface area contributed by atoms with Crippen molar-refractivity contribution >= 4 is 5.91 Å². The van der Waals surface area contributed by atoms with E-state index in [0.717, 1.165) is 36.8 Å². The number of halogens is 1. The van der Waals surface area contributed by atoms with Crippen LogP contribution in [-0.2, 0) is 4.79 Å². The lowest BCUT2D eigenvalue weighted by molar-refractivity contribution is -0.118. The number of carbonyl (C=O) groups is 1. The summed E-state index contributed by atoms with van der Waals surface area (Å²) in [4.78, 5) is 12.5. The molecule has 1 saturated carbocycles. The van der Waals surface area contributed by atoms with Crippen molar-refractivity contribution in [3.63, 3.8) is 0 Å². The van der Waals surface area contributed by atoms with Crippen LogP contribution in [0, 0.1) is 17.7 Å². The maximum absolute atomic E-state index is 13.2. The Balaban J connectivity index is 1.70. The Morgan fingerprint density at radius 1 is 1.12 bits per heavy atom. The molecule has 134 valence electrons. The van der Waals surface area contributed by atoms with Crippen molar-refractivity contribution in [2.24, 2.45) is 0 Å². The molecule has 0 aromatic heterocycles. The number of hydrogen-bond acceptors (Lipinski definition) is 1. The molecular formula is C23H24FNO. The summed E-state index contributed by atoms with van der Waals surface area (Å²) in [6, 6.07) is 6.56. The summed E-state index contributed by atoms with van der Waals surface area (Å²) in [5, 5.41) is 3.18. The predicted octanol–water partition coefficient (Wildman–Crippen LogP) is 4.83. The van der Waals surface area contributed by atoms with Gasteiger partial charge in [-0.25, -0.2) is 4.39 Å². The van der Waals surface area contributed by atoms with Crippen molar-refractivity contribution in [3.8, 4) is 11.8 Å². The highest BCUT2D eigenvalue weighted by molar-refractivity contribution is 5.94. The molecule has 2 nitrogen and oxygen atoms in total. The molecule has 0 unspecified atom stereocenters. The van der Waals surface area contributed by atoms with E-state index in [1.807, 2.05) is 24.3 Å². The lowest BCUT2D eigenvalue weighted by Crippen LogP contribution is -2.37. The lowest BCUT2D eigenvalue weighted by atomic mass is 9.95. The Hall–Kier alpha value is -2.60. The van der Waals surface area contributed by atoms with Gasteiger partial charge < -0.3 is 5.32 Å². The van der Waals surface area contributed by atoms with Gasteiger partial charge in [-0.05, 0) is 50.0 Å². The van der Waals surface area contributed by atoms with Crippen molar-refractivity contribution in [3.05, 3.63) is 71.1 Å². The van der Waals surface area contributed by atoms with Crippen LogP contribution in [0.15, 0.2) is 59.7 Å². The van der Waals surface area contributed by atoms with E-state index in [1.54, 1.807) is 12.1 Å².